The molecule has 0 bridgehead atoms. The lowest BCUT2D eigenvalue weighted by Gasteiger charge is -2.48. The second kappa shape index (κ2) is 21.7. The maximum absolute atomic E-state index is 12.6. The van der Waals surface area contributed by atoms with Gasteiger partial charge in [0.2, 0.25) is 0 Å². The number of hydrogen-bond acceptors (Lipinski definition) is 6. The van der Waals surface area contributed by atoms with Crippen molar-refractivity contribution < 1.29 is 10.2 Å². The third kappa shape index (κ3) is 9.82. The summed E-state index contributed by atoms with van der Waals surface area (Å²) in [4.78, 5) is 5.13. The Labute approximate surface area is 372 Å². The fourth-order valence-corrected chi connectivity index (χ4v) is 10.5. The highest BCUT2D eigenvalue weighted by Crippen LogP contribution is 2.55. The quantitative estimate of drug-likeness (QED) is 0.0275. The molecule has 332 valence electrons. The van der Waals surface area contributed by atoms with E-state index in [4.69, 9.17) is 11.5 Å². The molecule has 7 rings (SSSR count). The van der Waals surface area contributed by atoms with Crippen molar-refractivity contribution in [3.63, 3.8) is 0 Å². The minimum Gasteiger partial charge on any atom is -0.398 e. The molecular formula is C56H76N4O2. The third-order valence-electron chi connectivity index (χ3n) is 14.1. The molecule has 1 saturated carbocycles. The maximum Gasteiger partial charge on any atom is 0.0729 e. The molecule has 1 fully saturated rings. The number of nitrogens with zero attached hydrogens (tertiary/aromatic N) is 2. The van der Waals surface area contributed by atoms with Crippen LogP contribution in [0.15, 0.2) is 84.9 Å². The zero-order valence-corrected chi connectivity index (χ0v) is 38.5. The summed E-state index contributed by atoms with van der Waals surface area (Å²) in [5, 5.41) is 34.1. The van der Waals surface area contributed by atoms with Crippen LogP contribution in [0.5, 0.6) is 0 Å². The average molecular weight is 837 g/mol. The zero-order chi connectivity index (χ0) is 43.6. The zero-order valence-electron chi connectivity index (χ0n) is 38.5. The molecule has 1 aliphatic carbocycles. The van der Waals surface area contributed by atoms with Crippen LogP contribution < -0.4 is 21.3 Å². The van der Waals surface area contributed by atoms with Crippen molar-refractivity contribution in [1.82, 2.24) is 0 Å². The summed E-state index contributed by atoms with van der Waals surface area (Å²) in [6, 6.07) is 30.5. The molecule has 6 nitrogen and oxygen atoms in total. The number of unbranched alkanes of at least 4 members (excludes halogenated alkanes) is 12. The number of benzene rings is 6. The minimum atomic E-state index is -0.881. The van der Waals surface area contributed by atoms with Crippen LogP contribution in [0.3, 0.4) is 0 Å². The SMILES string of the molecule is CCCCCCN(CCCCCC)c1cc(N)c(C2C(O)C(c3c(N)cc(N(CCCCCC)CCCCCC)c4cc5ccccc5cc34)C2O)c2cc3ccccc3cc12. The van der Waals surface area contributed by atoms with Crippen LogP contribution in [0.1, 0.15) is 153 Å². The summed E-state index contributed by atoms with van der Waals surface area (Å²) in [6.07, 6.45) is 17.4. The lowest BCUT2D eigenvalue weighted by molar-refractivity contribution is -0.0770. The molecule has 0 aliphatic heterocycles. The number of aliphatic hydroxyl groups is 2. The van der Waals surface area contributed by atoms with Crippen LogP contribution in [0.4, 0.5) is 22.7 Å². The van der Waals surface area contributed by atoms with Gasteiger partial charge in [0.05, 0.1) is 12.2 Å². The molecule has 6 N–H and O–H groups in total. The lowest BCUT2D eigenvalue weighted by Crippen LogP contribution is -2.52. The Balaban J connectivity index is 1.31. The van der Waals surface area contributed by atoms with Crippen LogP contribution in [-0.2, 0) is 0 Å². The van der Waals surface area contributed by atoms with Gasteiger partial charge in [-0.1, -0.05) is 153 Å². The maximum atomic E-state index is 12.6. The van der Waals surface area contributed by atoms with Gasteiger partial charge in [-0.15, -0.1) is 0 Å². The molecule has 0 saturated heterocycles. The summed E-state index contributed by atoms with van der Waals surface area (Å²) >= 11 is 0. The molecule has 0 radical (unpaired) electrons. The Morgan fingerprint density at radius 2 is 0.694 bits per heavy atom. The normalized spacial score (nSPS) is 17.6. The van der Waals surface area contributed by atoms with Gasteiger partial charge in [0, 0.05) is 71.5 Å². The van der Waals surface area contributed by atoms with Gasteiger partial charge in [0.15, 0.2) is 0 Å². The first-order valence-corrected chi connectivity index (χ1v) is 24.7. The Hall–Kier alpha value is -4.52. The van der Waals surface area contributed by atoms with Crippen LogP contribution >= 0.6 is 0 Å². The highest BCUT2D eigenvalue weighted by molar-refractivity contribution is 6.09. The molecule has 6 heteroatoms. The van der Waals surface area contributed by atoms with Gasteiger partial charge in [-0.3, -0.25) is 0 Å². The lowest BCUT2D eigenvalue weighted by atomic mass is 9.61. The number of hydrogen-bond donors (Lipinski definition) is 4. The van der Waals surface area contributed by atoms with E-state index < -0.39 is 24.0 Å². The van der Waals surface area contributed by atoms with E-state index in [2.05, 4.69) is 122 Å². The van der Waals surface area contributed by atoms with E-state index in [1.807, 2.05) is 0 Å². The first kappa shape index (κ1) is 45.5. The van der Waals surface area contributed by atoms with Crippen molar-refractivity contribution in [2.75, 3.05) is 47.4 Å². The highest BCUT2D eigenvalue weighted by atomic mass is 16.3. The summed E-state index contributed by atoms with van der Waals surface area (Å²) in [6.45, 7) is 13.0. The number of rotatable bonds is 24. The van der Waals surface area contributed by atoms with Crippen molar-refractivity contribution >= 4 is 65.8 Å². The molecule has 0 heterocycles. The van der Waals surface area contributed by atoms with E-state index in [1.165, 1.54) is 87.8 Å². The number of nitrogen functional groups attached to an aromatic ring is 2. The first-order chi connectivity index (χ1) is 30.3. The fourth-order valence-electron chi connectivity index (χ4n) is 10.5. The van der Waals surface area contributed by atoms with E-state index in [1.54, 1.807) is 0 Å². The van der Waals surface area contributed by atoms with Crippen molar-refractivity contribution in [2.45, 2.75) is 154 Å². The second-order valence-corrected chi connectivity index (χ2v) is 18.5. The predicted octanol–water partition coefficient (Wildman–Crippen LogP) is 14.0. The summed E-state index contributed by atoms with van der Waals surface area (Å²) in [5.41, 5.74) is 19.7. The van der Waals surface area contributed by atoms with Gasteiger partial charge in [-0.05, 0) is 106 Å². The number of nitrogens with two attached hydrogens (primary N) is 2. The molecule has 62 heavy (non-hydrogen) atoms. The number of aliphatic hydroxyl groups excluding tert-OH is 2. The highest BCUT2D eigenvalue weighted by Gasteiger charge is 2.53. The Kier molecular flexibility index (Phi) is 15.9. The Morgan fingerprint density at radius 3 is 0.984 bits per heavy atom. The van der Waals surface area contributed by atoms with Crippen LogP contribution in [-0.4, -0.2) is 48.6 Å². The molecule has 0 aromatic heterocycles. The Bertz CT molecular complexity index is 2190. The largest absolute Gasteiger partial charge is 0.398 e. The average Bonchev–Trinajstić information content (AvgIpc) is 3.28. The number of fused-ring (bicyclic) bond motifs is 4. The summed E-state index contributed by atoms with van der Waals surface area (Å²) < 4.78 is 0. The van der Waals surface area contributed by atoms with Crippen molar-refractivity contribution in [3.05, 3.63) is 96.1 Å². The van der Waals surface area contributed by atoms with E-state index in [9.17, 15) is 10.2 Å². The van der Waals surface area contributed by atoms with E-state index >= 15 is 0 Å². The van der Waals surface area contributed by atoms with Gasteiger partial charge in [-0.2, -0.15) is 0 Å². The molecule has 1 aliphatic rings. The van der Waals surface area contributed by atoms with Crippen molar-refractivity contribution in [2.24, 2.45) is 0 Å². The van der Waals surface area contributed by atoms with Gasteiger partial charge >= 0.3 is 0 Å². The van der Waals surface area contributed by atoms with Gasteiger partial charge in [0.1, 0.15) is 0 Å². The molecule has 0 unspecified atom stereocenters. The molecule has 0 spiro atoms. The van der Waals surface area contributed by atoms with Crippen molar-refractivity contribution in [1.29, 1.82) is 0 Å². The van der Waals surface area contributed by atoms with Gasteiger partial charge < -0.3 is 31.5 Å². The molecule has 6 aromatic carbocycles. The second-order valence-electron chi connectivity index (χ2n) is 18.5. The molecule has 0 atom stereocenters. The molecule has 6 aromatic rings. The predicted molar refractivity (Wildman–Crippen MR) is 270 cm³/mol. The van der Waals surface area contributed by atoms with Crippen LogP contribution in [0.2, 0.25) is 0 Å². The van der Waals surface area contributed by atoms with E-state index in [-0.39, 0.29) is 0 Å². The first-order valence-electron chi connectivity index (χ1n) is 24.7. The monoisotopic (exact) mass is 837 g/mol. The van der Waals surface area contributed by atoms with Crippen LogP contribution in [0.25, 0.3) is 43.1 Å². The van der Waals surface area contributed by atoms with Crippen LogP contribution in [0, 0.1) is 0 Å². The summed E-state index contributed by atoms with van der Waals surface area (Å²) in [7, 11) is 0. The molecular weight excluding hydrogens is 761 g/mol. The summed E-state index contributed by atoms with van der Waals surface area (Å²) in [5.74, 6) is -1.13. The van der Waals surface area contributed by atoms with Crippen molar-refractivity contribution in [3.8, 4) is 0 Å². The van der Waals surface area contributed by atoms with E-state index in [0.29, 0.717) is 11.4 Å². The fraction of sp³-hybridized carbons (Fsp3) is 0.500. The minimum absolute atomic E-state index is 0.566. The van der Waals surface area contributed by atoms with Gasteiger partial charge in [-0.25, -0.2) is 0 Å². The van der Waals surface area contributed by atoms with E-state index in [0.717, 1.165) is 107 Å². The molecule has 0 amide bonds. The third-order valence-corrected chi connectivity index (χ3v) is 14.1. The Morgan fingerprint density at radius 1 is 0.403 bits per heavy atom. The standard InChI is InChI=1S/C56H76N4O2/c1-5-9-13-21-29-59(30-22-14-10-6-2)49-37-47(57)51(45-35-41-27-19-17-25-39(41)33-43(45)49)53-55(61)54(56(53)62)52-46-36-42-28-20-18-26-40(42)34-44(46)50(38-48(52)58)60(31-23-15-11-7-3)32-24-16-12-8-4/h17-20,25-28,33-38,53-56,61-62H,5-16,21-24,29-32,57-58H2,1-4H3. The van der Waals surface area contributed by atoms with Gasteiger partial charge in [0.25, 0.3) is 0 Å². The smallest absolute Gasteiger partial charge is 0.0729 e. The topological polar surface area (TPSA) is 99.0 Å². The number of anilines is 4.